The molecule has 1 saturated heterocycles. The number of hydrogen-bond acceptors (Lipinski definition) is 5. The Labute approximate surface area is 233 Å². The number of allylic oxidation sites excluding steroid dienone is 4. The minimum Gasteiger partial charge on any atom is -0.328 e. The van der Waals surface area contributed by atoms with E-state index in [0.717, 1.165) is 0 Å². The molecule has 216 valence electrons. The summed E-state index contributed by atoms with van der Waals surface area (Å²) >= 11 is 0. The first kappa shape index (κ1) is 30.0. The molecule has 2 unspecified atom stereocenters. The maximum Gasteiger partial charge on any atom is 0.242 e. The van der Waals surface area contributed by atoms with Gasteiger partial charge in [-0.05, 0) is 67.3 Å². The van der Waals surface area contributed by atoms with Crippen LogP contribution in [0.5, 0.6) is 0 Å². The van der Waals surface area contributed by atoms with Gasteiger partial charge in [0, 0.05) is 42.7 Å². The average molecular weight is 577 g/mol. The lowest BCUT2D eigenvalue weighted by atomic mass is 9.84. The molecule has 5 atom stereocenters. The monoisotopic (exact) mass is 576 g/mol. The van der Waals surface area contributed by atoms with Gasteiger partial charge in [-0.1, -0.05) is 30.3 Å². The zero-order chi connectivity index (χ0) is 29.0. The average Bonchev–Trinajstić information content (AvgIpc) is 2.88. The van der Waals surface area contributed by atoms with Gasteiger partial charge in [0.2, 0.25) is 15.9 Å². The molecule has 1 aliphatic heterocycles. The highest BCUT2D eigenvalue weighted by atomic mass is 32.2. The van der Waals surface area contributed by atoms with Crippen LogP contribution in [-0.2, 0) is 14.8 Å². The molecule has 2 aromatic carbocycles. The molecule has 1 heterocycles. The van der Waals surface area contributed by atoms with E-state index in [0.29, 0.717) is 36.3 Å². The van der Waals surface area contributed by atoms with E-state index in [1.165, 1.54) is 59.1 Å². The summed E-state index contributed by atoms with van der Waals surface area (Å²) in [6.45, 7) is 2.79. The zero-order valence-corrected chi connectivity index (χ0v) is 23.3. The van der Waals surface area contributed by atoms with E-state index in [4.69, 9.17) is 5.73 Å². The maximum absolute atomic E-state index is 15.1. The Bertz CT molecular complexity index is 1340. The summed E-state index contributed by atoms with van der Waals surface area (Å²) in [6, 6.07) is 9.37. The van der Waals surface area contributed by atoms with E-state index in [1.54, 1.807) is 18.2 Å². The van der Waals surface area contributed by atoms with Crippen molar-refractivity contribution in [3.63, 3.8) is 0 Å². The summed E-state index contributed by atoms with van der Waals surface area (Å²) in [4.78, 5) is 13.4. The molecule has 2 aliphatic rings. The minimum absolute atomic E-state index is 0.239. The van der Waals surface area contributed by atoms with Crippen LogP contribution in [0.25, 0.3) is 0 Å². The van der Waals surface area contributed by atoms with E-state index in [2.05, 4.69) is 10.6 Å². The smallest absolute Gasteiger partial charge is 0.242 e. The summed E-state index contributed by atoms with van der Waals surface area (Å²) in [5.74, 6) is -3.29. The molecule has 4 N–H and O–H groups in total. The number of sulfonamides is 1. The van der Waals surface area contributed by atoms with Gasteiger partial charge in [0.25, 0.3) is 0 Å². The lowest BCUT2D eigenvalue weighted by Crippen LogP contribution is -2.58. The van der Waals surface area contributed by atoms with Crippen LogP contribution in [0.2, 0.25) is 0 Å². The summed E-state index contributed by atoms with van der Waals surface area (Å²) in [6.07, 6.45) is 4.90. The third-order valence-electron chi connectivity index (χ3n) is 7.51. The van der Waals surface area contributed by atoms with Crippen molar-refractivity contribution in [3.8, 4) is 0 Å². The molecule has 0 saturated carbocycles. The van der Waals surface area contributed by atoms with Crippen LogP contribution in [0.1, 0.15) is 36.8 Å². The minimum atomic E-state index is -3.47. The number of carbonyl (C=O) groups excluding carboxylic acids is 1. The van der Waals surface area contributed by atoms with Crippen LogP contribution in [0, 0.1) is 17.6 Å². The van der Waals surface area contributed by atoms with Crippen molar-refractivity contribution < 1.29 is 26.4 Å². The Morgan fingerprint density at radius 3 is 2.30 bits per heavy atom. The number of benzene rings is 2. The molecule has 1 fully saturated rings. The van der Waals surface area contributed by atoms with Crippen molar-refractivity contribution in [3.05, 3.63) is 95.2 Å². The van der Waals surface area contributed by atoms with Gasteiger partial charge in [0.15, 0.2) is 0 Å². The quantitative estimate of drug-likeness (QED) is 0.425. The van der Waals surface area contributed by atoms with Gasteiger partial charge >= 0.3 is 0 Å². The summed E-state index contributed by atoms with van der Waals surface area (Å²) in [5.41, 5.74) is 7.52. The largest absolute Gasteiger partial charge is 0.328 e. The van der Waals surface area contributed by atoms with Crippen molar-refractivity contribution in [1.29, 1.82) is 0 Å². The Kier molecular flexibility index (Phi) is 9.50. The SMILES string of the molecule is C[C@H]1CNC[C@H](CCC2C(NC(=O)[C@@H](N)C(c3cccc(F)c3)c3cccc(F)c3)=CC=CC2F)N1S(C)(=O)=O. The van der Waals surface area contributed by atoms with Crippen molar-refractivity contribution in [2.24, 2.45) is 11.7 Å². The number of nitrogens with two attached hydrogens (primary N) is 1. The van der Waals surface area contributed by atoms with Gasteiger partial charge in [-0.3, -0.25) is 4.79 Å². The molecule has 1 amide bonds. The molecule has 11 heteroatoms. The first-order valence-electron chi connectivity index (χ1n) is 13.2. The summed E-state index contributed by atoms with van der Waals surface area (Å²) in [5, 5.41) is 5.98. The van der Waals surface area contributed by atoms with E-state index in [9.17, 15) is 22.0 Å². The van der Waals surface area contributed by atoms with Gasteiger partial charge in [-0.25, -0.2) is 21.6 Å². The zero-order valence-electron chi connectivity index (χ0n) is 22.4. The molecule has 0 spiro atoms. The van der Waals surface area contributed by atoms with Crippen molar-refractivity contribution in [2.75, 3.05) is 19.3 Å². The first-order valence-corrected chi connectivity index (χ1v) is 15.1. The first-order chi connectivity index (χ1) is 19.0. The van der Waals surface area contributed by atoms with Crippen LogP contribution >= 0.6 is 0 Å². The summed E-state index contributed by atoms with van der Waals surface area (Å²) in [7, 11) is -3.47. The van der Waals surface area contributed by atoms with Gasteiger partial charge in [0.1, 0.15) is 17.8 Å². The van der Waals surface area contributed by atoms with Gasteiger partial charge in [-0.15, -0.1) is 0 Å². The molecule has 7 nitrogen and oxygen atoms in total. The number of alkyl halides is 1. The fourth-order valence-corrected chi connectivity index (χ4v) is 7.18. The molecular weight excluding hydrogens is 541 g/mol. The van der Waals surface area contributed by atoms with Crippen LogP contribution in [0.4, 0.5) is 13.2 Å². The fraction of sp³-hybridized carbons (Fsp3) is 0.414. The maximum atomic E-state index is 15.1. The van der Waals surface area contributed by atoms with Crippen molar-refractivity contribution in [1.82, 2.24) is 14.9 Å². The molecule has 4 rings (SSSR count). The number of amides is 1. The Hall–Kier alpha value is -2.99. The topological polar surface area (TPSA) is 105 Å². The number of rotatable bonds is 9. The summed E-state index contributed by atoms with van der Waals surface area (Å²) < 4.78 is 69.7. The lowest BCUT2D eigenvalue weighted by Gasteiger charge is -2.40. The highest BCUT2D eigenvalue weighted by Gasteiger charge is 2.37. The third-order valence-corrected chi connectivity index (χ3v) is 8.93. The van der Waals surface area contributed by atoms with Crippen LogP contribution in [-0.4, -0.2) is 62.3 Å². The second-order valence-electron chi connectivity index (χ2n) is 10.5. The molecule has 1 aliphatic carbocycles. The Morgan fingerprint density at radius 2 is 1.73 bits per heavy atom. The van der Waals surface area contributed by atoms with Crippen LogP contribution in [0.3, 0.4) is 0 Å². The number of piperazine rings is 1. The van der Waals surface area contributed by atoms with E-state index >= 15 is 4.39 Å². The number of halogens is 3. The Morgan fingerprint density at radius 1 is 1.10 bits per heavy atom. The van der Waals surface area contributed by atoms with E-state index in [-0.39, 0.29) is 18.5 Å². The predicted octanol–water partition coefficient (Wildman–Crippen LogP) is 3.35. The lowest BCUT2D eigenvalue weighted by molar-refractivity contribution is -0.122. The molecule has 0 radical (unpaired) electrons. The molecular formula is C29H35F3N4O3S. The second-order valence-corrected chi connectivity index (χ2v) is 12.4. The van der Waals surface area contributed by atoms with Gasteiger partial charge in [0.05, 0.1) is 12.3 Å². The number of carbonyl (C=O) groups is 1. The number of nitrogens with one attached hydrogen (secondary N) is 2. The van der Waals surface area contributed by atoms with Gasteiger partial charge < -0.3 is 16.4 Å². The fourth-order valence-electron chi connectivity index (χ4n) is 5.73. The van der Waals surface area contributed by atoms with Crippen molar-refractivity contribution in [2.45, 2.75) is 50.0 Å². The highest BCUT2D eigenvalue weighted by molar-refractivity contribution is 7.88. The number of hydrogen-bond donors (Lipinski definition) is 3. The number of nitrogens with zero attached hydrogens (tertiary/aromatic N) is 1. The molecule has 0 bridgehead atoms. The van der Waals surface area contributed by atoms with E-state index < -0.39 is 51.6 Å². The van der Waals surface area contributed by atoms with Crippen LogP contribution < -0.4 is 16.4 Å². The molecule has 0 aromatic heterocycles. The van der Waals surface area contributed by atoms with Crippen molar-refractivity contribution >= 4 is 15.9 Å². The second kappa shape index (κ2) is 12.7. The standard InChI is InChI=1S/C29H35F3N4O3S/c1-18-16-34-17-23(36(18)40(2,38)39)12-13-24-25(32)10-5-11-26(24)35-29(37)28(33)27(19-6-3-8-21(30)14-19)20-7-4-9-22(31)15-20/h3-11,14-15,18,23-25,27-28,34H,12-13,16-17,33H2,1-2H3,(H,35,37)/t18-,23-,24?,25?,28-/m0/s1. The normalized spacial score (nSPS) is 24.5. The highest BCUT2D eigenvalue weighted by Crippen LogP contribution is 2.32. The third kappa shape index (κ3) is 7.01. The van der Waals surface area contributed by atoms with E-state index in [1.807, 2.05) is 6.92 Å². The van der Waals surface area contributed by atoms with Crippen LogP contribution in [0.15, 0.2) is 72.5 Å². The molecule has 40 heavy (non-hydrogen) atoms. The Balaban J connectivity index is 1.53. The molecule has 2 aromatic rings. The van der Waals surface area contributed by atoms with Gasteiger partial charge in [-0.2, -0.15) is 4.31 Å². The predicted molar refractivity (Wildman–Crippen MR) is 148 cm³/mol.